The van der Waals surface area contributed by atoms with Crippen molar-refractivity contribution >= 4 is 23.6 Å². The second-order valence-corrected chi connectivity index (χ2v) is 5.36. The lowest BCUT2D eigenvalue weighted by Crippen LogP contribution is -2.12. The minimum absolute atomic E-state index is 0.0721. The van der Waals surface area contributed by atoms with Crippen molar-refractivity contribution < 1.29 is 9.18 Å². The minimum Gasteiger partial charge on any atom is -0.289 e. The highest BCUT2D eigenvalue weighted by atomic mass is 32.2. The Balaban J connectivity index is 2.00. The second kappa shape index (κ2) is 5.02. The van der Waals surface area contributed by atoms with E-state index in [1.165, 1.54) is 12.1 Å². The van der Waals surface area contributed by atoms with Gasteiger partial charge in [-0.25, -0.2) is 4.39 Å². The van der Waals surface area contributed by atoms with E-state index < -0.39 is 0 Å². The van der Waals surface area contributed by atoms with Gasteiger partial charge in [-0.15, -0.1) is 11.8 Å². The van der Waals surface area contributed by atoms with Crippen LogP contribution in [0.25, 0.3) is 6.08 Å². The molecule has 3 heteroatoms. The Morgan fingerprint density at radius 3 is 2.68 bits per heavy atom. The summed E-state index contributed by atoms with van der Waals surface area (Å²) in [4.78, 5) is 13.2. The molecule has 2 aromatic rings. The van der Waals surface area contributed by atoms with Crippen LogP contribution in [0.2, 0.25) is 0 Å². The van der Waals surface area contributed by atoms with Gasteiger partial charge in [0.05, 0.1) is 0 Å². The van der Waals surface area contributed by atoms with Crippen molar-refractivity contribution in [1.29, 1.82) is 0 Å². The number of hydrogen-bond acceptors (Lipinski definition) is 2. The highest BCUT2D eigenvalue weighted by molar-refractivity contribution is 7.99. The number of Topliss-reactive ketones (excluding diaryl/α,β-unsaturated/α-hetero) is 1. The first-order valence-electron chi connectivity index (χ1n) is 5.97. The predicted octanol–water partition coefficient (Wildman–Crippen LogP) is 4.20. The summed E-state index contributed by atoms with van der Waals surface area (Å²) >= 11 is 1.57. The van der Waals surface area contributed by atoms with Crippen molar-refractivity contribution in [2.75, 3.05) is 5.75 Å². The van der Waals surface area contributed by atoms with E-state index in [4.69, 9.17) is 0 Å². The van der Waals surface area contributed by atoms with Crippen LogP contribution in [0, 0.1) is 5.82 Å². The van der Waals surface area contributed by atoms with Crippen molar-refractivity contribution in [2.24, 2.45) is 0 Å². The molecule has 94 valence electrons. The van der Waals surface area contributed by atoms with Crippen LogP contribution in [-0.4, -0.2) is 11.5 Å². The molecule has 0 saturated carbocycles. The predicted molar refractivity (Wildman–Crippen MR) is 75.9 cm³/mol. The lowest BCUT2D eigenvalue weighted by atomic mass is 10.0. The van der Waals surface area contributed by atoms with E-state index in [0.717, 1.165) is 10.5 Å². The normalized spacial score (nSPS) is 16.5. The molecule has 0 unspecified atom stereocenters. The number of carbonyl (C=O) groups excluding carboxylic acids is 1. The van der Waals surface area contributed by atoms with E-state index >= 15 is 0 Å². The largest absolute Gasteiger partial charge is 0.289 e. The van der Waals surface area contributed by atoms with Crippen LogP contribution in [-0.2, 0) is 0 Å². The summed E-state index contributed by atoms with van der Waals surface area (Å²) in [7, 11) is 0. The molecule has 0 atom stereocenters. The van der Waals surface area contributed by atoms with E-state index in [0.29, 0.717) is 16.9 Å². The molecule has 0 spiro atoms. The van der Waals surface area contributed by atoms with Crippen molar-refractivity contribution in [3.63, 3.8) is 0 Å². The maximum absolute atomic E-state index is 13.2. The summed E-state index contributed by atoms with van der Waals surface area (Å²) in [6.45, 7) is 0. The Labute approximate surface area is 115 Å². The summed E-state index contributed by atoms with van der Waals surface area (Å²) < 4.78 is 13.2. The van der Waals surface area contributed by atoms with Gasteiger partial charge in [0.1, 0.15) is 5.82 Å². The number of carbonyl (C=O) groups is 1. The third kappa shape index (κ3) is 2.47. The molecule has 0 bridgehead atoms. The summed E-state index contributed by atoms with van der Waals surface area (Å²) in [5.41, 5.74) is 2.18. The van der Waals surface area contributed by atoms with Gasteiger partial charge in [0.15, 0.2) is 5.78 Å². The van der Waals surface area contributed by atoms with Crippen LogP contribution < -0.4 is 0 Å². The van der Waals surface area contributed by atoms with Crippen LogP contribution in [0.1, 0.15) is 15.9 Å². The fourth-order valence-corrected chi connectivity index (χ4v) is 3.05. The number of hydrogen-bond donors (Lipinski definition) is 0. The smallest absolute Gasteiger partial charge is 0.191 e. The first-order chi connectivity index (χ1) is 9.24. The zero-order chi connectivity index (χ0) is 13.2. The molecule has 0 N–H and O–H groups in total. The molecule has 3 rings (SSSR count). The quantitative estimate of drug-likeness (QED) is 0.722. The van der Waals surface area contributed by atoms with Crippen LogP contribution in [0.3, 0.4) is 0 Å². The van der Waals surface area contributed by atoms with Gasteiger partial charge in [-0.3, -0.25) is 4.79 Å². The van der Waals surface area contributed by atoms with Gasteiger partial charge in [-0.2, -0.15) is 0 Å². The molecule has 0 aromatic heterocycles. The number of fused-ring (bicyclic) bond motifs is 1. The third-order valence-corrected chi connectivity index (χ3v) is 4.12. The van der Waals surface area contributed by atoms with Gasteiger partial charge >= 0.3 is 0 Å². The Morgan fingerprint density at radius 2 is 1.89 bits per heavy atom. The Hall–Kier alpha value is -1.87. The Morgan fingerprint density at radius 1 is 1.11 bits per heavy atom. The average molecular weight is 270 g/mol. The molecule has 19 heavy (non-hydrogen) atoms. The minimum atomic E-state index is -0.367. The second-order valence-electron chi connectivity index (χ2n) is 4.34. The van der Waals surface area contributed by atoms with Gasteiger partial charge in [-0.1, -0.05) is 30.3 Å². The zero-order valence-electron chi connectivity index (χ0n) is 10.1. The van der Waals surface area contributed by atoms with E-state index in [-0.39, 0.29) is 11.6 Å². The summed E-state index contributed by atoms with van der Waals surface area (Å²) in [6.07, 6.45) is 1.88. The lowest BCUT2D eigenvalue weighted by Gasteiger charge is -2.16. The van der Waals surface area contributed by atoms with E-state index in [2.05, 4.69) is 0 Å². The Bertz CT molecular complexity index is 662. The molecular weight excluding hydrogens is 259 g/mol. The summed E-state index contributed by atoms with van der Waals surface area (Å²) in [5.74, 6) is 0.192. The maximum Gasteiger partial charge on any atom is 0.191 e. The lowest BCUT2D eigenvalue weighted by molar-refractivity contribution is 0.103. The first-order valence-corrected chi connectivity index (χ1v) is 6.95. The molecule has 0 aliphatic carbocycles. The molecule has 1 aliphatic heterocycles. The highest BCUT2D eigenvalue weighted by Gasteiger charge is 2.22. The fourth-order valence-electron chi connectivity index (χ4n) is 2.06. The molecule has 0 fully saturated rings. The molecule has 1 aliphatic rings. The van der Waals surface area contributed by atoms with E-state index in [1.54, 1.807) is 17.8 Å². The van der Waals surface area contributed by atoms with Gasteiger partial charge < -0.3 is 0 Å². The van der Waals surface area contributed by atoms with Gasteiger partial charge in [0.2, 0.25) is 0 Å². The van der Waals surface area contributed by atoms with Crippen molar-refractivity contribution in [2.45, 2.75) is 4.90 Å². The van der Waals surface area contributed by atoms with Crippen LogP contribution in [0.15, 0.2) is 59.0 Å². The van der Waals surface area contributed by atoms with Gasteiger partial charge in [-0.05, 0) is 29.8 Å². The zero-order valence-corrected chi connectivity index (χ0v) is 10.9. The number of halogens is 1. The van der Waals surface area contributed by atoms with E-state index in [9.17, 15) is 9.18 Å². The number of thioether (sulfide) groups is 1. The molecule has 0 radical (unpaired) electrons. The summed E-state index contributed by atoms with van der Waals surface area (Å²) in [5, 5.41) is 0. The average Bonchev–Trinajstić information content (AvgIpc) is 2.44. The van der Waals surface area contributed by atoms with Crippen LogP contribution in [0.4, 0.5) is 4.39 Å². The fraction of sp³-hybridized carbons (Fsp3) is 0.0625. The van der Waals surface area contributed by atoms with Gasteiger partial charge in [0, 0.05) is 21.8 Å². The van der Waals surface area contributed by atoms with Gasteiger partial charge in [0.25, 0.3) is 0 Å². The number of rotatable bonds is 1. The highest BCUT2D eigenvalue weighted by Crippen LogP contribution is 2.33. The standard InChI is InChI=1S/C16H11FOS/c17-13-6-7-15-14(9-13)16(18)12(10-19-15)8-11-4-2-1-3-5-11/h1-9H,10H2/b12-8+. The molecule has 0 amide bonds. The SMILES string of the molecule is O=C1/C(=C/c2ccccc2)CSc2ccc(F)cc21. The van der Waals surface area contributed by atoms with E-state index in [1.807, 2.05) is 36.4 Å². The summed E-state index contributed by atoms with van der Waals surface area (Å²) in [6, 6.07) is 14.1. The third-order valence-electron chi connectivity index (χ3n) is 3.00. The topological polar surface area (TPSA) is 17.1 Å². The monoisotopic (exact) mass is 270 g/mol. The molecule has 1 nitrogen and oxygen atoms in total. The number of ketones is 1. The van der Waals surface area contributed by atoms with Crippen molar-refractivity contribution in [1.82, 2.24) is 0 Å². The van der Waals surface area contributed by atoms with Crippen LogP contribution >= 0.6 is 11.8 Å². The van der Waals surface area contributed by atoms with Crippen molar-refractivity contribution in [3.05, 3.63) is 71.0 Å². The maximum atomic E-state index is 13.2. The molecule has 1 heterocycles. The van der Waals surface area contributed by atoms with Crippen molar-refractivity contribution in [3.8, 4) is 0 Å². The molecular formula is C16H11FOS. The molecule has 2 aromatic carbocycles. The first kappa shape index (κ1) is 12.2. The number of benzene rings is 2. The Kier molecular flexibility index (Phi) is 3.22. The molecule has 0 saturated heterocycles. The van der Waals surface area contributed by atoms with Crippen LogP contribution in [0.5, 0.6) is 0 Å².